The Morgan fingerprint density at radius 2 is 2.15 bits per heavy atom. The number of hydrogen-bond donors (Lipinski definition) is 0. The van der Waals surface area contributed by atoms with Gasteiger partial charge in [0.05, 0.1) is 24.7 Å². The monoisotopic (exact) mass is 361 g/mol. The summed E-state index contributed by atoms with van der Waals surface area (Å²) in [4.78, 5) is 13.6. The number of morpholine rings is 1. The van der Waals surface area contributed by atoms with Crippen molar-refractivity contribution >= 4 is 21.8 Å². The van der Waals surface area contributed by atoms with E-state index in [0.717, 1.165) is 0 Å². The van der Waals surface area contributed by atoms with Gasteiger partial charge >= 0.3 is 6.18 Å². The van der Waals surface area contributed by atoms with E-state index >= 15 is 0 Å². The molecule has 1 atom stereocenters. The first-order valence-electron chi connectivity index (χ1n) is 6.29. The van der Waals surface area contributed by atoms with Crippen LogP contribution in [0.5, 0.6) is 0 Å². The van der Waals surface area contributed by atoms with Gasteiger partial charge in [-0.3, -0.25) is 4.79 Å². The molecule has 118 valence electrons. The number of ether oxygens (including phenoxy) is 2. The van der Waals surface area contributed by atoms with Crippen LogP contribution in [0.25, 0.3) is 0 Å². The van der Waals surface area contributed by atoms with Crippen LogP contribution in [0.4, 0.5) is 13.2 Å². The Bertz CT molecular complexity index is 336. The molecule has 0 saturated carbocycles. The second kappa shape index (κ2) is 7.09. The van der Waals surface area contributed by atoms with Crippen molar-refractivity contribution in [3.05, 3.63) is 0 Å². The lowest BCUT2D eigenvalue weighted by atomic mass is 10.1. The fourth-order valence-corrected chi connectivity index (χ4v) is 2.41. The Kier molecular flexibility index (Phi) is 6.27. The molecule has 1 unspecified atom stereocenters. The number of alkyl halides is 4. The highest BCUT2D eigenvalue weighted by Crippen LogP contribution is 2.22. The molecule has 8 heteroatoms. The van der Waals surface area contributed by atoms with Crippen molar-refractivity contribution in [2.24, 2.45) is 0 Å². The van der Waals surface area contributed by atoms with E-state index in [1.165, 1.54) is 0 Å². The molecule has 20 heavy (non-hydrogen) atoms. The summed E-state index contributed by atoms with van der Waals surface area (Å²) in [6.45, 7) is 3.07. The topological polar surface area (TPSA) is 38.8 Å². The molecule has 1 rings (SSSR count). The van der Waals surface area contributed by atoms with Crippen LogP contribution in [-0.4, -0.2) is 60.3 Å². The first-order chi connectivity index (χ1) is 9.13. The summed E-state index contributed by atoms with van der Waals surface area (Å²) >= 11 is 3.31. The molecule has 0 spiro atoms. The third kappa shape index (κ3) is 6.41. The molecule has 0 aromatic rings. The molecule has 0 bridgehead atoms. The molecule has 0 aromatic carbocycles. The Labute approximate surface area is 124 Å². The van der Waals surface area contributed by atoms with Crippen LogP contribution >= 0.6 is 15.9 Å². The minimum Gasteiger partial charge on any atom is -0.372 e. The predicted molar refractivity (Wildman–Crippen MR) is 70.8 cm³/mol. The van der Waals surface area contributed by atoms with Gasteiger partial charge in [0.2, 0.25) is 5.91 Å². The lowest BCUT2D eigenvalue weighted by Crippen LogP contribution is -2.55. The molecule has 0 aliphatic carbocycles. The Balaban J connectivity index is 2.38. The van der Waals surface area contributed by atoms with Crippen molar-refractivity contribution in [3.63, 3.8) is 0 Å². The van der Waals surface area contributed by atoms with Gasteiger partial charge in [0.15, 0.2) is 0 Å². The maximum absolute atomic E-state index is 12.0. The van der Waals surface area contributed by atoms with Gasteiger partial charge in [-0.1, -0.05) is 15.9 Å². The fraction of sp³-hybridized carbons (Fsp3) is 0.917. The van der Waals surface area contributed by atoms with Crippen molar-refractivity contribution in [3.8, 4) is 0 Å². The Morgan fingerprint density at radius 3 is 2.70 bits per heavy atom. The zero-order valence-corrected chi connectivity index (χ0v) is 13.1. The summed E-state index contributed by atoms with van der Waals surface area (Å²) in [5.41, 5.74) is -0.459. The number of hydrogen-bond acceptors (Lipinski definition) is 3. The van der Waals surface area contributed by atoms with Crippen LogP contribution in [0, 0.1) is 0 Å². The summed E-state index contributed by atoms with van der Waals surface area (Å²) in [6, 6.07) is 0. The number of nitrogens with zero attached hydrogens (tertiary/aromatic N) is 1. The highest BCUT2D eigenvalue weighted by molar-refractivity contribution is 9.09. The average molecular weight is 362 g/mol. The lowest BCUT2D eigenvalue weighted by molar-refractivity contribution is -0.177. The molecule has 1 aliphatic rings. The van der Waals surface area contributed by atoms with E-state index in [9.17, 15) is 18.0 Å². The van der Waals surface area contributed by atoms with Crippen LogP contribution < -0.4 is 0 Å². The number of carbonyl (C=O) groups excluding carboxylic acids is 1. The van der Waals surface area contributed by atoms with E-state index in [1.807, 2.05) is 13.8 Å². The Hall–Kier alpha value is -0.340. The van der Waals surface area contributed by atoms with Crippen LogP contribution in [0.3, 0.4) is 0 Å². The van der Waals surface area contributed by atoms with E-state index in [1.54, 1.807) is 4.90 Å². The summed E-state index contributed by atoms with van der Waals surface area (Å²) in [5, 5.41) is 0.602. The lowest BCUT2D eigenvalue weighted by Gasteiger charge is -2.42. The van der Waals surface area contributed by atoms with Gasteiger partial charge in [0.1, 0.15) is 6.61 Å². The van der Waals surface area contributed by atoms with Crippen LogP contribution in [-0.2, 0) is 14.3 Å². The normalized spacial score (nSPS) is 22.9. The van der Waals surface area contributed by atoms with Crippen molar-refractivity contribution < 1.29 is 27.4 Å². The van der Waals surface area contributed by atoms with Crippen LogP contribution in [0.2, 0.25) is 0 Å². The van der Waals surface area contributed by atoms with Gasteiger partial charge in [-0.25, -0.2) is 0 Å². The van der Waals surface area contributed by atoms with Gasteiger partial charge in [-0.15, -0.1) is 0 Å². The third-order valence-corrected chi connectivity index (χ3v) is 3.45. The number of carbonyl (C=O) groups is 1. The number of amides is 1. The summed E-state index contributed by atoms with van der Waals surface area (Å²) in [7, 11) is 0. The Morgan fingerprint density at radius 1 is 1.50 bits per heavy atom. The third-order valence-electron chi connectivity index (χ3n) is 2.73. The minimum absolute atomic E-state index is 0.0544. The summed E-state index contributed by atoms with van der Waals surface area (Å²) in [5.74, 6) is -0.213. The van der Waals surface area contributed by atoms with Crippen LogP contribution in [0.15, 0.2) is 0 Å². The predicted octanol–water partition coefficient (Wildman–Crippen LogP) is 2.36. The molecule has 0 aromatic heterocycles. The van der Waals surface area contributed by atoms with Gasteiger partial charge in [-0.05, 0) is 13.8 Å². The van der Waals surface area contributed by atoms with Gasteiger partial charge in [0.25, 0.3) is 0 Å². The average Bonchev–Trinajstić information content (AvgIpc) is 2.31. The highest BCUT2D eigenvalue weighted by atomic mass is 79.9. The zero-order chi connectivity index (χ0) is 15.4. The number of rotatable bonds is 5. The SMILES string of the molecule is CC1(C)CN(C(=O)CCOCC(F)(F)F)CC(CBr)O1. The molecular formula is C12H19BrF3NO3. The van der Waals surface area contributed by atoms with Crippen molar-refractivity contribution in [2.75, 3.05) is 31.6 Å². The molecule has 1 amide bonds. The van der Waals surface area contributed by atoms with E-state index < -0.39 is 18.4 Å². The van der Waals surface area contributed by atoms with Gasteiger partial charge < -0.3 is 14.4 Å². The summed E-state index contributed by atoms with van der Waals surface area (Å²) in [6.07, 6.45) is -4.52. The van der Waals surface area contributed by atoms with E-state index in [4.69, 9.17) is 4.74 Å². The largest absolute Gasteiger partial charge is 0.411 e. The maximum Gasteiger partial charge on any atom is 0.411 e. The molecule has 1 aliphatic heterocycles. The van der Waals surface area contributed by atoms with E-state index in [2.05, 4.69) is 20.7 Å². The minimum atomic E-state index is -4.36. The van der Waals surface area contributed by atoms with Crippen molar-refractivity contribution in [2.45, 2.75) is 38.1 Å². The summed E-state index contributed by atoms with van der Waals surface area (Å²) < 4.78 is 45.9. The van der Waals surface area contributed by atoms with Crippen molar-refractivity contribution in [1.29, 1.82) is 0 Å². The standard InChI is InChI=1S/C12H19BrF3NO3/c1-11(2)7-17(6-9(5-13)20-11)10(18)3-4-19-8-12(14,15)16/h9H,3-8H2,1-2H3. The van der Waals surface area contributed by atoms with Gasteiger partial charge in [-0.2, -0.15) is 13.2 Å². The smallest absolute Gasteiger partial charge is 0.372 e. The quantitative estimate of drug-likeness (QED) is 0.557. The second-order valence-corrected chi connectivity index (χ2v) is 5.99. The molecule has 0 N–H and O–H groups in total. The zero-order valence-electron chi connectivity index (χ0n) is 11.5. The number of halogens is 4. The first-order valence-corrected chi connectivity index (χ1v) is 7.41. The molecule has 4 nitrogen and oxygen atoms in total. The second-order valence-electron chi connectivity index (χ2n) is 5.35. The first kappa shape index (κ1) is 17.7. The van der Waals surface area contributed by atoms with E-state index in [-0.39, 0.29) is 25.0 Å². The molecule has 0 radical (unpaired) electrons. The van der Waals surface area contributed by atoms with Crippen LogP contribution in [0.1, 0.15) is 20.3 Å². The molecule has 1 fully saturated rings. The molecule has 1 saturated heterocycles. The highest BCUT2D eigenvalue weighted by Gasteiger charge is 2.35. The van der Waals surface area contributed by atoms with E-state index in [0.29, 0.717) is 18.4 Å². The van der Waals surface area contributed by atoms with Crippen molar-refractivity contribution in [1.82, 2.24) is 4.90 Å². The van der Waals surface area contributed by atoms with Gasteiger partial charge in [0, 0.05) is 18.4 Å². The maximum atomic E-state index is 12.0. The fourth-order valence-electron chi connectivity index (χ4n) is 2.07. The molecular weight excluding hydrogens is 343 g/mol. The molecule has 1 heterocycles.